The number of halogens is 2. The molecule has 3 rings (SSSR count). The number of nitrogens with zero attached hydrogens (tertiary/aromatic N) is 3. The minimum Gasteiger partial charge on any atom is -0.348 e. The zero-order valence-electron chi connectivity index (χ0n) is 14.1. The molecule has 1 spiro atoms. The van der Waals surface area contributed by atoms with Gasteiger partial charge < -0.3 is 10.2 Å². The summed E-state index contributed by atoms with van der Waals surface area (Å²) in [6.07, 6.45) is 2.47. The van der Waals surface area contributed by atoms with E-state index >= 15 is 0 Å². The summed E-state index contributed by atoms with van der Waals surface area (Å²) in [7, 11) is 0. The van der Waals surface area contributed by atoms with E-state index in [1.807, 2.05) is 0 Å². The number of rotatable bonds is 5. The maximum atomic E-state index is 12.5. The van der Waals surface area contributed by atoms with Crippen molar-refractivity contribution in [1.29, 1.82) is 0 Å². The molecule has 1 aromatic heterocycles. The Balaban J connectivity index is 1.69. The normalized spacial score (nSPS) is 22.9. The molecular formula is C16H24F2N4OS. The summed E-state index contributed by atoms with van der Waals surface area (Å²) in [6, 6.07) is -0.175. The van der Waals surface area contributed by atoms with Crippen LogP contribution in [0.3, 0.4) is 0 Å². The molecule has 1 N–H and O–H groups in total. The molecule has 0 aromatic carbocycles. The van der Waals surface area contributed by atoms with E-state index in [0.717, 1.165) is 43.2 Å². The summed E-state index contributed by atoms with van der Waals surface area (Å²) in [5.41, 5.74) is -0.0487. The Morgan fingerprint density at radius 3 is 2.79 bits per heavy atom. The average Bonchev–Trinajstić information content (AvgIpc) is 2.92. The molecule has 1 aliphatic carbocycles. The van der Waals surface area contributed by atoms with Crippen LogP contribution in [0, 0.1) is 5.92 Å². The molecule has 2 fully saturated rings. The van der Waals surface area contributed by atoms with E-state index < -0.39 is 12.3 Å². The quantitative estimate of drug-likeness (QED) is 0.879. The van der Waals surface area contributed by atoms with Gasteiger partial charge in [0.2, 0.25) is 5.13 Å². The van der Waals surface area contributed by atoms with Crippen LogP contribution in [0.15, 0.2) is 0 Å². The third-order valence-corrected chi connectivity index (χ3v) is 5.79. The lowest BCUT2D eigenvalue weighted by Crippen LogP contribution is -2.62. The maximum absolute atomic E-state index is 12.5. The number of nitrogens with one attached hydrogen (secondary N) is 1. The maximum Gasteiger partial charge on any atom is 0.315 e. The molecule has 24 heavy (non-hydrogen) atoms. The standard InChI is InChI=1S/C16H24F2N4OS/c1-10(2)8-12-20-15(24-21-12)22-7-4-11(19-14(23)13(17)18)9-16(22)5-3-6-16/h10-11,13H,3-9H2,1-2H3,(H,19,23). The smallest absolute Gasteiger partial charge is 0.315 e. The Hall–Kier alpha value is -1.31. The second-order valence-corrected chi connectivity index (χ2v) is 8.05. The van der Waals surface area contributed by atoms with Crippen molar-refractivity contribution in [3.05, 3.63) is 5.82 Å². The third kappa shape index (κ3) is 3.53. The van der Waals surface area contributed by atoms with Crippen molar-refractivity contribution >= 4 is 22.6 Å². The molecule has 1 aliphatic heterocycles. The highest BCUT2D eigenvalue weighted by Gasteiger charge is 2.48. The van der Waals surface area contributed by atoms with Gasteiger partial charge in [0.1, 0.15) is 5.82 Å². The molecule has 1 atom stereocenters. The van der Waals surface area contributed by atoms with Crippen molar-refractivity contribution in [3.63, 3.8) is 0 Å². The number of carbonyl (C=O) groups is 1. The first kappa shape index (κ1) is 17.5. The lowest BCUT2D eigenvalue weighted by atomic mass is 9.69. The highest BCUT2D eigenvalue weighted by molar-refractivity contribution is 7.09. The summed E-state index contributed by atoms with van der Waals surface area (Å²) in [4.78, 5) is 18.3. The molecule has 1 saturated carbocycles. The SMILES string of the molecule is CC(C)Cc1nsc(N2CCC(NC(=O)C(F)F)CC23CCC3)n1. The van der Waals surface area contributed by atoms with Crippen LogP contribution in [0.4, 0.5) is 13.9 Å². The first-order valence-electron chi connectivity index (χ1n) is 8.58. The van der Waals surface area contributed by atoms with Crippen LogP contribution in [-0.4, -0.2) is 39.8 Å². The minimum atomic E-state index is -2.94. The van der Waals surface area contributed by atoms with Crippen LogP contribution in [-0.2, 0) is 11.2 Å². The van der Waals surface area contributed by atoms with Gasteiger partial charge in [0, 0.05) is 36.1 Å². The lowest BCUT2D eigenvalue weighted by molar-refractivity contribution is -0.132. The molecule has 1 amide bonds. The first-order chi connectivity index (χ1) is 11.4. The Morgan fingerprint density at radius 2 is 2.21 bits per heavy atom. The second kappa shape index (κ2) is 6.90. The number of carbonyl (C=O) groups excluding carboxylic acids is 1. The summed E-state index contributed by atoms with van der Waals surface area (Å²) in [6.45, 7) is 5.01. The van der Waals surface area contributed by atoms with E-state index in [9.17, 15) is 13.6 Å². The van der Waals surface area contributed by atoms with Gasteiger partial charge in [0.05, 0.1) is 0 Å². The van der Waals surface area contributed by atoms with Crippen molar-refractivity contribution in [3.8, 4) is 0 Å². The van der Waals surface area contributed by atoms with Crippen molar-refractivity contribution in [1.82, 2.24) is 14.7 Å². The van der Waals surface area contributed by atoms with E-state index in [0.29, 0.717) is 18.8 Å². The Morgan fingerprint density at radius 1 is 1.46 bits per heavy atom. The van der Waals surface area contributed by atoms with Gasteiger partial charge in [-0.15, -0.1) is 0 Å². The molecule has 2 heterocycles. The van der Waals surface area contributed by atoms with Crippen LogP contribution in [0.2, 0.25) is 0 Å². The fourth-order valence-electron chi connectivity index (χ4n) is 3.74. The monoisotopic (exact) mass is 358 g/mol. The average molecular weight is 358 g/mol. The number of hydrogen-bond acceptors (Lipinski definition) is 5. The van der Waals surface area contributed by atoms with E-state index in [4.69, 9.17) is 4.98 Å². The van der Waals surface area contributed by atoms with Crippen LogP contribution in [0.25, 0.3) is 0 Å². The summed E-state index contributed by atoms with van der Waals surface area (Å²) in [5.74, 6) is 0.242. The van der Waals surface area contributed by atoms with Crippen LogP contribution >= 0.6 is 11.5 Å². The largest absolute Gasteiger partial charge is 0.348 e. The number of anilines is 1. The Kier molecular flexibility index (Phi) is 5.03. The highest BCUT2D eigenvalue weighted by Crippen LogP contribution is 2.46. The Bertz CT molecular complexity index is 588. The van der Waals surface area contributed by atoms with Gasteiger partial charge in [-0.25, -0.2) is 4.98 Å². The predicted molar refractivity (Wildman–Crippen MR) is 89.5 cm³/mol. The summed E-state index contributed by atoms with van der Waals surface area (Å²) in [5, 5.41) is 3.43. The number of amides is 1. The zero-order valence-corrected chi connectivity index (χ0v) is 14.9. The number of piperidine rings is 1. The van der Waals surface area contributed by atoms with E-state index in [2.05, 4.69) is 28.4 Å². The first-order valence-corrected chi connectivity index (χ1v) is 9.36. The molecule has 1 unspecified atom stereocenters. The van der Waals surface area contributed by atoms with Crippen LogP contribution in [0.5, 0.6) is 0 Å². The van der Waals surface area contributed by atoms with Crippen molar-refractivity contribution < 1.29 is 13.6 Å². The number of alkyl halides is 2. The van der Waals surface area contributed by atoms with Crippen LogP contribution in [0.1, 0.15) is 51.8 Å². The van der Waals surface area contributed by atoms with Gasteiger partial charge in [-0.2, -0.15) is 13.2 Å². The predicted octanol–water partition coefficient (Wildman–Crippen LogP) is 3.01. The Labute approximate surface area is 145 Å². The number of aromatic nitrogens is 2. The molecular weight excluding hydrogens is 334 g/mol. The van der Waals surface area contributed by atoms with Gasteiger partial charge >= 0.3 is 6.43 Å². The van der Waals surface area contributed by atoms with Gasteiger partial charge in [-0.1, -0.05) is 13.8 Å². The van der Waals surface area contributed by atoms with Gasteiger partial charge in [-0.05, 0) is 38.0 Å². The fourth-order valence-corrected chi connectivity index (χ4v) is 4.57. The molecule has 0 bridgehead atoms. The minimum absolute atomic E-state index is 0.0487. The topological polar surface area (TPSA) is 58.1 Å². The van der Waals surface area contributed by atoms with E-state index in [1.54, 1.807) is 0 Å². The van der Waals surface area contributed by atoms with Gasteiger partial charge in [0.15, 0.2) is 0 Å². The fraction of sp³-hybridized carbons (Fsp3) is 0.812. The molecule has 1 aromatic rings. The molecule has 2 aliphatic rings. The molecule has 1 saturated heterocycles. The second-order valence-electron chi connectivity index (χ2n) is 7.32. The summed E-state index contributed by atoms with van der Waals surface area (Å²) >= 11 is 1.43. The van der Waals surface area contributed by atoms with Crippen molar-refractivity contribution in [2.75, 3.05) is 11.4 Å². The zero-order chi connectivity index (χ0) is 17.3. The van der Waals surface area contributed by atoms with Crippen LogP contribution < -0.4 is 10.2 Å². The highest BCUT2D eigenvalue weighted by atomic mass is 32.1. The molecule has 5 nitrogen and oxygen atoms in total. The van der Waals surface area contributed by atoms with Crippen molar-refractivity contribution in [2.45, 2.75) is 70.4 Å². The molecule has 8 heteroatoms. The number of hydrogen-bond donors (Lipinski definition) is 1. The van der Waals surface area contributed by atoms with E-state index in [1.165, 1.54) is 11.5 Å². The van der Waals surface area contributed by atoms with Gasteiger partial charge in [0.25, 0.3) is 5.91 Å². The van der Waals surface area contributed by atoms with Crippen molar-refractivity contribution in [2.24, 2.45) is 5.92 Å². The van der Waals surface area contributed by atoms with E-state index in [-0.39, 0.29) is 11.6 Å². The summed E-state index contributed by atoms with van der Waals surface area (Å²) < 4.78 is 29.4. The third-order valence-electron chi connectivity index (χ3n) is 5.01. The lowest BCUT2D eigenvalue weighted by Gasteiger charge is -2.55. The molecule has 134 valence electrons. The molecule has 0 radical (unpaired) electrons. The van der Waals surface area contributed by atoms with Gasteiger partial charge in [-0.3, -0.25) is 4.79 Å².